The number of carbonyl (C=O) groups excluding carboxylic acids is 2. The first-order valence-electron chi connectivity index (χ1n) is 24.8. The summed E-state index contributed by atoms with van der Waals surface area (Å²) in [5, 5.41) is 13.2. The number of pyridine rings is 1. The Hall–Kier alpha value is -8.16. The van der Waals surface area contributed by atoms with Crippen LogP contribution in [0.4, 0.5) is 5.69 Å². The van der Waals surface area contributed by atoms with E-state index >= 15 is 0 Å². The normalized spacial score (nSPS) is 13.2. The number of rotatable bonds is 6. The first-order chi connectivity index (χ1) is 34.3. The zero-order valence-electron chi connectivity index (χ0n) is 41.1. The Kier molecular flexibility index (Phi) is 10.1. The molecule has 0 bridgehead atoms. The molecule has 13 rings (SSSR count). The summed E-state index contributed by atoms with van der Waals surface area (Å²) < 4.78 is 7.58. The van der Waals surface area contributed by atoms with Crippen molar-refractivity contribution in [3.63, 3.8) is 0 Å². The van der Waals surface area contributed by atoms with E-state index in [0.29, 0.717) is 32.9 Å². The van der Waals surface area contributed by atoms with E-state index in [0.717, 1.165) is 87.7 Å². The van der Waals surface area contributed by atoms with Gasteiger partial charge in [0, 0.05) is 43.4 Å². The lowest BCUT2D eigenvalue weighted by Crippen LogP contribution is -2.41. The Morgan fingerprint density at radius 2 is 0.746 bits per heavy atom. The van der Waals surface area contributed by atoms with Gasteiger partial charge in [-0.25, -0.2) is 9.47 Å². The first kappa shape index (κ1) is 44.1. The summed E-state index contributed by atoms with van der Waals surface area (Å²) in [6, 6.07) is 48.2. The van der Waals surface area contributed by atoms with Crippen molar-refractivity contribution in [1.82, 2.24) is 4.57 Å². The molecule has 71 heavy (non-hydrogen) atoms. The minimum absolute atomic E-state index is 0.163. The third-order valence-corrected chi connectivity index (χ3v) is 15.0. The van der Waals surface area contributed by atoms with E-state index in [1.165, 1.54) is 20.2 Å². The molecule has 1 aliphatic rings. The third-order valence-electron chi connectivity index (χ3n) is 15.0. The molecule has 1 aliphatic heterocycles. The minimum Gasteiger partial charge on any atom is -0.456 e. The lowest BCUT2D eigenvalue weighted by atomic mass is 9.84. The van der Waals surface area contributed by atoms with Gasteiger partial charge in [0.2, 0.25) is 0 Å². The van der Waals surface area contributed by atoms with E-state index < -0.39 is 0 Å². The molecule has 3 heterocycles. The molecule has 0 saturated carbocycles. The average Bonchev–Trinajstić information content (AvgIpc) is 3.37. The number of hydrogen-bond donors (Lipinski definition) is 0. The van der Waals surface area contributed by atoms with Crippen molar-refractivity contribution in [1.29, 1.82) is 0 Å². The van der Waals surface area contributed by atoms with Crippen LogP contribution in [0.25, 0.3) is 92.3 Å². The van der Waals surface area contributed by atoms with Gasteiger partial charge in [-0.1, -0.05) is 165 Å². The van der Waals surface area contributed by atoms with Crippen LogP contribution in [0.1, 0.15) is 122 Å². The zero-order chi connectivity index (χ0) is 49.3. The minimum atomic E-state index is -0.282. The molecule has 10 aromatic carbocycles. The predicted molar refractivity (Wildman–Crippen MR) is 293 cm³/mol. The SMILES string of the molecule is CC(C)c1cccc(C(C)C)c1-n1c(=O)c2ccc3oc4ccccc4c4ccc(c1=O)c2c34.CC(C)c1cccc(C(C)C)c1N1C(=O)c2ccc3c4cccc5cccc(c6ccc(c2c36)C1=O)c54. The highest BCUT2D eigenvalue weighted by Crippen LogP contribution is 2.46. The molecule has 0 radical (unpaired) electrons. The summed E-state index contributed by atoms with van der Waals surface area (Å²) in [7, 11) is 0. The second-order valence-electron chi connectivity index (χ2n) is 20.5. The zero-order valence-corrected chi connectivity index (χ0v) is 41.1. The maximum atomic E-state index is 14.2. The van der Waals surface area contributed by atoms with Crippen LogP contribution in [-0.2, 0) is 0 Å². The number of imide groups is 1. The van der Waals surface area contributed by atoms with Gasteiger partial charge >= 0.3 is 0 Å². The van der Waals surface area contributed by atoms with Gasteiger partial charge in [-0.05, 0) is 125 Å². The van der Waals surface area contributed by atoms with Crippen LogP contribution in [0, 0.1) is 0 Å². The van der Waals surface area contributed by atoms with E-state index in [-0.39, 0.29) is 46.6 Å². The number of carbonyl (C=O) groups is 2. The fourth-order valence-corrected chi connectivity index (χ4v) is 11.7. The van der Waals surface area contributed by atoms with E-state index in [4.69, 9.17) is 4.42 Å². The van der Waals surface area contributed by atoms with E-state index in [2.05, 4.69) is 104 Å². The lowest BCUT2D eigenvalue weighted by molar-refractivity contribution is 0.0893. The van der Waals surface area contributed by atoms with Gasteiger partial charge in [0.1, 0.15) is 11.2 Å². The Morgan fingerprint density at radius 3 is 1.28 bits per heavy atom. The largest absolute Gasteiger partial charge is 0.456 e. The summed E-state index contributed by atoms with van der Waals surface area (Å²) in [5.74, 6) is 0.180. The molecule has 0 unspecified atom stereocenters. The van der Waals surface area contributed by atoms with Gasteiger partial charge in [-0.2, -0.15) is 0 Å². The van der Waals surface area contributed by atoms with Gasteiger partial charge in [0.25, 0.3) is 22.9 Å². The van der Waals surface area contributed by atoms with E-state index in [9.17, 15) is 19.2 Å². The molecule has 0 fully saturated rings. The third kappa shape index (κ3) is 6.34. The monoisotopic (exact) mass is 928 g/mol. The van der Waals surface area contributed by atoms with Crippen molar-refractivity contribution in [2.75, 3.05) is 4.90 Å². The van der Waals surface area contributed by atoms with Crippen LogP contribution in [0.2, 0.25) is 0 Å². The Bertz CT molecular complexity index is 4160. The molecule has 7 heteroatoms. The maximum absolute atomic E-state index is 14.2. The van der Waals surface area contributed by atoms with Crippen LogP contribution < -0.4 is 16.0 Å². The molecule has 0 N–H and O–H groups in total. The maximum Gasteiger partial charge on any atom is 0.266 e. The van der Waals surface area contributed by atoms with Crippen LogP contribution in [-0.4, -0.2) is 16.4 Å². The number of aromatic nitrogens is 1. The van der Waals surface area contributed by atoms with Crippen molar-refractivity contribution in [3.05, 3.63) is 200 Å². The number of fused-ring (bicyclic) bond motifs is 4. The number of benzene rings is 10. The van der Waals surface area contributed by atoms with Crippen molar-refractivity contribution in [2.24, 2.45) is 0 Å². The number of hydrogen-bond acceptors (Lipinski definition) is 5. The van der Waals surface area contributed by atoms with Crippen molar-refractivity contribution < 1.29 is 14.0 Å². The fraction of sp³-hybridized carbons (Fsp3) is 0.188. The number of anilines is 1. The molecule has 2 amide bonds. The Labute approximate surface area is 410 Å². The molecule has 348 valence electrons. The van der Waals surface area contributed by atoms with Gasteiger partial charge < -0.3 is 4.42 Å². The summed E-state index contributed by atoms with van der Waals surface area (Å²) in [6.07, 6.45) is 0. The van der Waals surface area contributed by atoms with E-state index in [1.807, 2.05) is 91.0 Å². The smallest absolute Gasteiger partial charge is 0.266 e. The number of amides is 2. The van der Waals surface area contributed by atoms with Crippen molar-refractivity contribution in [2.45, 2.75) is 79.1 Å². The second-order valence-corrected chi connectivity index (χ2v) is 20.5. The molecule has 2 aromatic heterocycles. The molecule has 7 nitrogen and oxygen atoms in total. The standard InChI is InChI=1S/C34H27NO2.C30H25NO3/c1-18(2)21-10-7-11-22(19(3)4)32(21)35-33(36)27-16-14-25-23-12-5-8-20-9-6-13-24(29(20)23)26-15-17-28(34(35)37)31(27)30(25)26;1-16(2)18-9-7-10-19(17(3)4)28(18)31-29(32)22-13-12-21-20-8-5-6-11-24(20)34-25-15-14-23(30(31)33)26(22)27(21)25/h5-19H,1-4H3;5-17H,1-4H3. The highest BCUT2D eigenvalue weighted by Gasteiger charge is 2.38. The molecular weight excluding hydrogens is 877 g/mol. The molecule has 0 spiro atoms. The number of nitrogens with zero attached hydrogens (tertiary/aromatic N) is 2. The predicted octanol–water partition coefficient (Wildman–Crippen LogP) is 15.9. The lowest BCUT2D eigenvalue weighted by Gasteiger charge is -2.32. The number of para-hydroxylation sites is 3. The summed E-state index contributed by atoms with van der Waals surface area (Å²) in [5.41, 5.74) is 7.58. The van der Waals surface area contributed by atoms with Crippen LogP contribution in [0.15, 0.2) is 160 Å². The van der Waals surface area contributed by atoms with Crippen LogP contribution in [0.3, 0.4) is 0 Å². The summed E-state index contributed by atoms with van der Waals surface area (Å²) in [6.45, 7) is 16.8. The molecule has 0 aliphatic carbocycles. The van der Waals surface area contributed by atoms with Crippen LogP contribution >= 0.6 is 0 Å². The average molecular weight is 929 g/mol. The quantitative estimate of drug-likeness (QED) is 0.0941. The second kappa shape index (κ2) is 16.2. The first-order valence-corrected chi connectivity index (χ1v) is 24.8. The molecule has 12 aromatic rings. The Balaban J connectivity index is 0.000000146. The van der Waals surface area contributed by atoms with E-state index in [1.54, 1.807) is 6.07 Å². The summed E-state index contributed by atoms with van der Waals surface area (Å²) in [4.78, 5) is 57.9. The molecule has 0 saturated heterocycles. The molecular formula is C64H52N2O5. The van der Waals surface area contributed by atoms with Crippen molar-refractivity contribution >= 4 is 104 Å². The highest BCUT2D eigenvalue weighted by atomic mass is 16.3. The van der Waals surface area contributed by atoms with Gasteiger partial charge in [0.15, 0.2) is 0 Å². The topological polar surface area (TPSA) is 89.6 Å². The van der Waals surface area contributed by atoms with Crippen LogP contribution in [0.5, 0.6) is 0 Å². The van der Waals surface area contributed by atoms with Crippen molar-refractivity contribution in [3.8, 4) is 5.69 Å². The highest BCUT2D eigenvalue weighted by molar-refractivity contribution is 6.42. The molecule has 0 atom stereocenters. The fourth-order valence-electron chi connectivity index (χ4n) is 11.7. The van der Waals surface area contributed by atoms with Gasteiger partial charge in [-0.15, -0.1) is 0 Å². The van der Waals surface area contributed by atoms with Gasteiger partial charge in [-0.3, -0.25) is 19.2 Å². The summed E-state index contributed by atoms with van der Waals surface area (Å²) >= 11 is 0. The Morgan fingerprint density at radius 1 is 0.338 bits per heavy atom. The van der Waals surface area contributed by atoms with Gasteiger partial charge in [0.05, 0.1) is 11.4 Å².